The molecule has 0 spiro atoms. The van der Waals surface area contributed by atoms with Crippen molar-refractivity contribution in [2.24, 2.45) is 0 Å². The molecule has 0 aliphatic rings. The molecule has 4 heteroatoms. The Morgan fingerprint density at radius 3 is 2.71 bits per heavy atom. The standard InChI is InChI=1S/C20H19N3O/c1-14-7-8-16(15(2)11-14)12-22-20(24)10-9-17-13-21-18-5-3-4-6-19(18)23-17/h3-11,13H,12H2,1-2H3,(H,22,24)/b10-9+. The van der Waals surface area contributed by atoms with Crippen LogP contribution in [0.4, 0.5) is 0 Å². The fourth-order valence-electron chi connectivity index (χ4n) is 2.50. The first-order valence-corrected chi connectivity index (χ1v) is 7.85. The minimum Gasteiger partial charge on any atom is -0.348 e. The third-order valence-corrected chi connectivity index (χ3v) is 3.82. The normalized spacial score (nSPS) is 11.1. The second-order valence-electron chi connectivity index (χ2n) is 5.76. The minimum atomic E-state index is -0.148. The van der Waals surface area contributed by atoms with E-state index < -0.39 is 0 Å². The number of para-hydroxylation sites is 2. The zero-order valence-electron chi connectivity index (χ0n) is 13.8. The highest BCUT2D eigenvalue weighted by Gasteiger charge is 2.01. The van der Waals surface area contributed by atoms with Crippen LogP contribution < -0.4 is 5.32 Å². The molecule has 4 nitrogen and oxygen atoms in total. The van der Waals surface area contributed by atoms with Crippen LogP contribution in [0.1, 0.15) is 22.4 Å². The van der Waals surface area contributed by atoms with Gasteiger partial charge in [0.05, 0.1) is 22.9 Å². The van der Waals surface area contributed by atoms with Gasteiger partial charge in [-0.15, -0.1) is 0 Å². The maximum absolute atomic E-state index is 12.0. The second-order valence-corrected chi connectivity index (χ2v) is 5.76. The van der Waals surface area contributed by atoms with Crippen molar-refractivity contribution in [3.05, 3.63) is 77.1 Å². The van der Waals surface area contributed by atoms with Gasteiger partial charge in [-0.2, -0.15) is 0 Å². The number of hydrogen-bond acceptors (Lipinski definition) is 3. The number of carbonyl (C=O) groups is 1. The molecule has 2 aromatic carbocycles. The second kappa shape index (κ2) is 7.04. The van der Waals surface area contributed by atoms with Crippen LogP contribution in [0.15, 0.2) is 54.7 Å². The number of benzene rings is 2. The summed E-state index contributed by atoms with van der Waals surface area (Å²) in [5.74, 6) is -0.148. The fourth-order valence-corrected chi connectivity index (χ4v) is 2.50. The van der Waals surface area contributed by atoms with Crippen LogP contribution in [0.2, 0.25) is 0 Å². The van der Waals surface area contributed by atoms with E-state index in [0.29, 0.717) is 12.2 Å². The van der Waals surface area contributed by atoms with Crippen molar-refractivity contribution in [2.45, 2.75) is 20.4 Å². The number of hydrogen-bond donors (Lipinski definition) is 1. The zero-order valence-corrected chi connectivity index (χ0v) is 13.8. The lowest BCUT2D eigenvalue weighted by molar-refractivity contribution is -0.116. The highest BCUT2D eigenvalue weighted by atomic mass is 16.1. The molecule has 0 fully saturated rings. The van der Waals surface area contributed by atoms with Gasteiger partial charge in [0, 0.05) is 12.6 Å². The van der Waals surface area contributed by atoms with Gasteiger partial charge in [0.2, 0.25) is 5.91 Å². The van der Waals surface area contributed by atoms with Crippen molar-refractivity contribution in [1.29, 1.82) is 0 Å². The Kier molecular flexibility index (Phi) is 4.66. The first-order chi connectivity index (χ1) is 11.6. The summed E-state index contributed by atoms with van der Waals surface area (Å²) in [6, 6.07) is 13.9. The number of nitrogens with one attached hydrogen (secondary N) is 1. The Balaban J connectivity index is 1.63. The summed E-state index contributed by atoms with van der Waals surface area (Å²) >= 11 is 0. The average molecular weight is 317 g/mol. The minimum absolute atomic E-state index is 0.148. The van der Waals surface area contributed by atoms with Gasteiger partial charge >= 0.3 is 0 Å². The topological polar surface area (TPSA) is 54.9 Å². The van der Waals surface area contributed by atoms with E-state index in [-0.39, 0.29) is 5.91 Å². The van der Waals surface area contributed by atoms with E-state index in [0.717, 1.165) is 16.6 Å². The molecule has 1 amide bonds. The van der Waals surface area contributed by atoms with Crippen molar-refractivity contribution in [3.63, 3.8) is 0 Å². The average Bonchev–Trinajstić information content (AvgIpc) is 2.59. The summed E-state index contributed by atoms with van der Waals surface area (Å²) in [6.45, 7) is 4.62. The summed E-state index contributed by atoms with van der Waals surface area (Å²) in [7, 11) is 0. The molecule has 1 N–H and O–H groups in total. The number of aromatic nitrogens is 2. The van der Waals surface area contributed by atoms with E-state index in [2.05, 4.69) is 41.3 Å². The molecule has 0 unspecified atom stereocenters. The van der Waals surface area contributed by atoms with Gasteiger partial charge in [-0.3, -0.25) is 9.78 Å². The molecule has 0 saturated carbocycles. The molecule has 0 aliphatic heterocycles. The van der Waals surface area contributed by atoms with Crippen LogP contribution in [0.3, 0.4) is 0 Å². The number of rotatable bonds is 4. The third-order valence-electron chi connectivity index (χ3n) is 3.82. The van der Waals surface area contributed by atoms with Crippen molar-refractivity contribution in [1.82, 2.24) is 15.3 Å². The molecule has 120 valence electrons. The predicted molar refractivity (Wildman–Crippen MR) is 96.3 cm³/mol. The van der Waals surface area contributed by atoms with E-state index in [1.165, 1.54) is 17.2 Å². The highest BCUT2D eigenvalue weighted by molar-refractivity contribution is 5.91. The highest BCUT2D eigenvalue weighted by Crippen LogP contribution is 2.11. The number of fused-ring (bicyclic) bond motifs is 1. The fraction of sp³-hybridized carbons (Fsp3) is 0.150. The molecule has 0 atom stereocenters. The van der Waals surface area contributed by atoms with Crippen LogP contribution in [0, 0.1) is 13.8 Å². The number of aryl methyl sites for hydroxylation is 2. The Bertz CT molecular complexity index is 916. The lowest BCUT2D eigenvalue weighted by Gasteiger charge is -2.07. The van der Waals surface area contributed by atoms with Gasteiger partial charge < -0.3 is 5.32 Å². The van der Waals surface area contributed by atoms with Gasteiger partial charge in [-0.25, -0.2) is 4.98 Å². The van der Waals surface area contributed by atoms with Crippen molar-refractivity contribution >= 4 is 23.0 Å². The maximum atomic E-state index is 12.0. The van der Waals surface area contributed by atoms with E-state index in [1.54, 1.807) is 12.3 Å². The Morgan fingerprint density at radius 1 is 1.12 bits per heavy atom. The smallest absolute Gasteiger partial charge is 0.244 e. The van der Waals surface area contributed by atoms with E-state index in [9.17, 15) is 4.79 Å². The van der Waals surface area contributed by atoms with Crippen molar-refractivity contribution in [3.8, 4) is 0 Å². The molecular weight excluding hydrogens is 298 g/mol. The van der Waals surface area contributed by atoms with Crippen molar-refractivity contribution in [2.75, 3.05) is 0 Å². The third kappa shape index (κ3) is 3.84. The molecule has 3 rings (SSSR count). The van der Waals surface area contributed by atoms with Crippen LogP contribution >= 0.6 is 0 Å². The molecule has 3 aromatic rings. The Morgan fingerprint density at radius 2 is 1.92 bits per heavy atom. The molecule has 0 saturated heterocycles. The first kappa shape index (κ1) is 15.9. The van der Waals surface area contributed by atoms with Crippen LogP contribution in [0.5, 0.6) is 0 Å². The molecule has 0 aliphatic carbocycles. The molecular formula is C20H19N3O. The van der Waals surface area contributed by atoms with Crippen LogP contribution in [-0.4, -0.2) is 15.9 Å². The van der Waals surface area contributed by atoms with E-state index in [1.807, 2.05) is 30.3 Å². The quantitative estimate of drug-likeness (QED) is 0.748. The molecule has 1 aromatic heterocycles. The van der Waals surface area contributed by atoms with E-state index in [4.69, 9.17) is 0 Å². The molecule has 1 heterocycles. The monoisotopic (exact) mass is 317 g/mol. The lowest BCUT2D eigenvalue weighted by atomic mass is 10.1. The largest absolute Gasteiger partial charge is 0.348 e. The van der Waals surface area contributed by atoms with Crippen molar-refractivity contribution < 1.29 is 4.79 Å². The van der Waals surface area contributed by atoms with E-state index >= 15 is 0 Å². The SMILES string of the molecule is Cc1ccc(CNC(=O)/C=C/c2cnc3ccccc3n2)c(C)c1. The Hall–Kier alpha value is -3.01. The van der Waals surface area contributed by atoms with Gasteiger partial charge in [-0.1, -0.05) is 35.9 Å². The number of nitrogens with zero attached hydrogens (tertiary/aromatic N) is 2. The molecule has 24 heavy (non-hydrogen) atoms. The molecule has 0 bridgehead atoms. The summed E-state index contributed by atoms with van der Waals surface area (Å²) in [4.78, 5) is 20.8. The van der Waals surface area contributed by atoms with Gasteiger partial charge in [0.15, 0.2) is 0 Å². The lowest BCUT2D eigenvalue weighted by Crippen LogP contribution is -2.20. The first-order valence-electron chi connectivity index (χ1n) is 7.85. The maximum Gasteiger partial charge on any atom is 0.244 e. The summed E-state index contributed by atoms with van der Waals surface area (Å²) in [5.41, 5.74) is 5.84. The summed E-state index contributed by atoms with van der Waals surface area (Å²) in [5, 5.41) is 2.89. The molecule has 0 radical (unpaired) electrons. The van der Waals surface area contributed by atoms with Gasteiger partial charge in [0.1, 0.15) is 0 Å². The number of carbonyl (C=O) groups excluding carboxylic acids is 1. The predicted octanol–water partition coefficient (Wildman–Crippen LogP) is 3.58. The van der Waals surface area contributed by atoms with Crippen LogP contribution in [0.25, 0.3) is 17.1 Å². The Labute approximate surface area is 141 Å². The van der Waals surface area contributed by atoms with Crippen LogP contribution in [-0.2, 0) is 11.3 Å². The van der Waals surface area contributed by atoms with Gasteiger partial charge in [0.25, 0.3) is 0 Å². The summed E-state index contributed by atoms with van der Waals surface area (Å²) in [6.07, 6.45) is 4.83. The summed E-state index contributed by atoms with van der Waals surface area (Å²) < 4.78 is 0. The van der Waals surface area contributed by atoms with Gasteiger partial charge in [-0.05, 0) is 43.2 Å². The number of amides is 1. The zero-order chi connectivity index (χ0) is 16.9.